The number of nitrogens with zero attached hydrogens (tertiary/aromatic N) is 1. The number of aryl methyl sites for hydroxylation is 1. The fourth-order valence-corrected chi connectivity index (χ4v) is 5.33. The molecule has 0 aliphatic rings. The van der Waals surface area contributed by atoms with Gasteiger partial charge in [-0.15, -0.1) is 0 Å². The van der Waals surface area contributed by atoms with Gasteiger partial charge < -0.3 is 9.15 Å². The SMILES string of the molecule is CCc1ccc2c(COC(=O)c3ccc(Cl)c(S(=O)(=O)N(CC)CC)c3)cc(=O)oc2c1. The fourth-order valence-electron chi connectivity index (χ4n) is 3.37. The molecule has 0 saturated heterocycles. The zero-order chi connectivity index (χ0) is 23.5. The Morgan fingerprint density at radius 1 is 1.06 bits per heavy atom. The van der Waals surface area contributed by atoms with Crippen molar-refractivity contribution in [2.45, 2.75) is 38.7 Å². The molecule has 0 amide bonds. The highest BCUT2D eigenvalue weighted by atomic mass is 35.5. The first kappa shape index (κ1) is 24.0. The number of ether oxygens (including phenoxy) is 1. The van der Waals surface area contributed by atoms with Gasteiger partial charge in [0.25, 0.3) is 0 Å². The molecular formula is C23H24ClNO6S. The summed E-state index contributed by atoms with van der Waals surface area (Å²) >= 11 is 6.12. The van der Waals surface area contributed by atoms with Crippen LogP contribution in [0.3, 0.4) is 0 Å². The van der Waals surface area contributed by atoms with E-state index in [2.05, 4.69) is 0 Å². The van der Waals surface area contributed by atoms with Crippen molar-refractivity contribution in [2.24, 2.45) is 0 Å². The van der Waals surface area contributed by atoms with Gasteiger partial charge in [0.05, 0.1) is 10.6 Å². The summed E-state index contributed by atoms with van der Waals surface area (Å²) in [5.74, 6) is -0.732. The predicted molar refractivity (Wildman–Crippen MR) is 123 cm³/mol. The van der Waals surface area contributed by atoms with Crippen molar-refractivity contribution in [3.63, 3.8) is 0 Å². The van der Waals surface area contributed by atoms with E-state index in [1.165, 1.54) is 28.6 Å². The van der Waals surface area contributed by atoms with Gasteiger partial charge in [-0.05, 0) is 36.2 Å². The highest BCUT2D eigenvalue weighted by molar-refractivity contribution is 7.89. The van der Waals surface area contributed by atoms with Crippen molar-refractivity contribution in [3.8, 4) is 0 Å². The topological polar surface area (TPSA) is 93.9 Å². The number of halogens is 1. The monoisotopic (exact) mass is 477 g/mol. The van der Waals surface area contributed by atoms with Crippen LogP contribution in [0.1, 0.15) is 42.3 Å². The third kappa shape index (κ3) is 4.87. The molecule has 3 rings (SSSR count). The van der Waals surface area contributed by atoms with Gasteiger partial charge in [0.15, 0.2) is 0 Å². The summed E-state index contributed by atoms with van der Waals surface area (Å²) in [4.78, 5) is 24.4. The maximum absolute atomic E-state index is 12.8. The van der Waals surface area contributed by atoms with E-state index in [1.807, 2.05) is 19.1 Å². The van der Waals surface area contributed by atoms with Gasteiger partial charge in [0.2, 0.25) is 10.0 Å². The van der Waals surface area contributed by atoms with Crippen LogP contribution in [-0.4, -0.2) is 31.8 Å². The lowest BCUT2D eigenvalue weighted by Crippen LogP contribution is -2.31. The minimum absolute atomic E-state index is 0.0202. The standard InChI is InChI=1S/C23H24ClNO6S/c1-4-15-7-9-18-17(13-22(26)31-20(18)11-15)14-30-23(27)16-8-10-19(24)21(12-16)32(28,29)25(5-2)6-3/h7-13H,4-6,14H2,1-3H3. The van der Waals surface area contributed by atoms with Crippen LogP contribution >= 0.6 is 11.6 Å². The Morgan fingerprint density at radius 2 is 1.78 bits per heavy atom. The van der Waals surface area contributed by atoms with Crippen molar-refractivity contribution >= 4 is 38.6 Å². The number of esters is 1. The van der Waals surface area contributed by atoms with E-state index in [-0.39, 0.29) is 35.2 Å². The van der Waals surface area contributed by atoms with Crippen LogP contribution in [-0.2, 0) is 27.8 Å². The van der Waals surface area contributed by atoms with Gasteiger partial charge >= 0.3 is 11.6 Å². The summed E-state index contributed by atoms with van der Waals surface area (Å²) in [6.45, 7) is 5.80. The van der Waals surface area contributed by atoms with E-state index in [1.54, 1.807) is 19.9 Å². The fraction of sp³-hybridized carbons (Fsp3) is 0.304. The second-order valence-corrected chi connectivity index (χ2v) is 9.40. The van der Waals surface area contributed by atoms with Crippen molar-refractivity contribution in [2.75, 3.05) is 13.1 Å². The quantitative estimate of drug-likeness (QED) is 0.352. The molecule has 2 aromatic carbocycles. The highest BCUT2D eigenvalue weighted by Gasteiger charge is 2.26. The number of fused-ring (bicyclic) bond motifs is 1. The molecule has 1 aromatic heterocycles. The molecule has 0 saturated carbocycles. The molecule has 3 aromatic rings. The molecule has 0 bridgehead atoms. The van der Waals surface area contributed by atoms with Crippen molar-refractivity contribution in [3.05, 3.63) is 74.6 Å². The summed E-state index contributed by atoms with van der Waals surface area (Å²) in [6.07, 6.45) is 0.786. The van der Waals surface area contributed by atoms with E-state index in [0.29, 0.717) is 16.5 Å². The van der Waals surface area contributed by atoms with Crippen LogP contribution < -0.4 is 5.63 Å². The Balaban J connectivity index is 1.88. The summed E-state index contributed by atoms with van der Waals surface area (Å²) in [5.41, 5.74) is 1.42. The first-order valence-electron chi connectivity index (χ1n) is 10.2. The Hall–Kier alpha value is -2.68. The first-order valence-corrected chi connectivity index (χ1v) is 12.1. The van der Waals surface area contributed by atoms with E-state index < -0.39 is 21.6 Å². The van der Waals surface area contributed by atoms with Crippen LogP contribution in [0, 0.1) is 0 Å². The maximum atomic E-state index is 12.8. The Morgan fingerprint density at radius 3 is 2.44 bits per heavy atom. The lowest BCUT2D eigenvalue weighted by molar-refractivity contribution is 0.0473. The summed E-state index contributed by atoms with van der Waals surface area (Å²) < 4.78 is 37.6. The average Bonchev–Trinajstić information content (AvgIpc) is 2.77. The van der Waals surface area contributed by atoms with E-state index in [4.69, 9.17) is 20.8 Å². The molecule has 0 fully saturated rings. The molecule has 7 nitrogen and oxygen atoms in total. The zero-order valence-electron chi connectivity index (χ0n) is 18.1. The summed E-state index contributed by atoms with van der Waals surface area (Å²) in [5, 5.41) is 0.683. The molecule has 0 atom stereocenters. The summed E-state index contributed by atoms with van der Waals surface area (Å²) in [6, 6.07) is 10.8. The molecule has 170 valence electrons. The van der Waals surface area contributed by atoms with E-state index in [0.717, 1.165) is 12.0 Å². The van der Waals surface area contributed by atoms with Crippen molar-refractivity contribution in [1.29, 1.82) is 0 Å². The molecule has 0 aliphatic heterocycles. The number of hydrogen-bond acceptors (Lipinski definition) is 6. The van der Waals surface area contributed by atoms with Gasteiger partial charge in [0.1, 0.15) is 17.1 Å². The van der Waals surface area contributed by atoms with Crippen molar-refractivity contribution < 1.29 is 22.4 Å². The van der Waals surface area contributed by atoms with E-state index >= 15 is 0 Å². The van der Waals surface area contributed by atoms with Crippen LogP contribution in [0.5, 0.6) is 0 Å². The summed E-state index contributed by atoms with van der Waals surface area (Å²) in [7, 11) is -3.86. The van der Waals surface area contributed by atoms with Gasteiger partial charge in [-0.3, -0.25) is 0 Å². The molecule has 1 heterocycles. The molecule has 0 aliphatic carbocycles. The smallest absolute Gasteiger partial charge is 0.338 e. The number of hydrogen-bond donors (Lipinski definition) is 0. The van der Waals surface area contributed by atoms with Gasteiger partial charge in [-0.25, -0.2) is 18.0 Å². The van der Waals surface area contributed by atoms with E-state index in [9.17, 15) is 18.0 Å². The number of carbonyl (C=O) groups excluding carboxylic acids is 1. The number of sulfonamides is 1. The lowest BCUT2D eigenvalue weighted by atomic mass is 10.1. The zero-order valence-corrected chi connectivity index (χ0v) is 19.6. The van der Waals surface area contributed by atoms with Gasteiger partial charge in [-0.2, -0.15) is 4.31 Å². The first-order chi connectivity index (χ1) is 15.2. The Labute approximate surface area is 191 Å². The Bertz CT molecular complexity index is 1310. The minimum Gasteiger partial charge on any atom is -0.457 e. The Kier molecular flexibility index (Phi) is 7.38. The van der Waals surface area contributed by atoms with Crippen LogP contribution in [0.25, 0.3) is 11.0 Å². The molecule has 32 heavy (non-hydrogen) atoms. The molecule has 0 spiro atoms. The lowest BCUT2D eigenvalue weighted by Gasteiger charge is -2.19. The number of rotatable bonds is 8. The predicted octanol–water partition coefficient (Wildman–Crippen LogP) is 4.40. The minimum atomic E-state index is -3.86. The van der Waals surface area contributed by atoms with Gasteiger partial charge in [0, 0.05) is 30.1 Å². The molecule has 9 heteroatoms. The average molecular weight is 478 g/mol. The van der Waals surface area contributed by atoms with Crippen LogP contribution in [0.2, 0.25) is 5.02 Å². The number of benzene rings is 2. The largest absolute Gasteiger partial charge is 0.457 e. The highest BCUT2D eigenvalue weighted by Crippen LogP contribution is 2.27. The van der Waals surface area contributed by atoms with Crippen LogP contribution in [0.4, 0.5) is 0 Å². The third-order valence-electron chi connectivity index (χ3n) is 5.15. The van der Waals surface area contributed by atoms with Crippen LogP contribution in [0.15, 0.2) is 56.6 Å². The normalized spacial score (nSPS) is 11.8. The molecular weight excluding hydrogens is 454 g/mol. The van der Waals surface area contributed by atoms with Crippen molar-refractivity contribution in [1.82, 2.24) is 4.31 Å². The molecule has 0 N–H and O–H groups in total. The maximum Gasteiger partial charge on any atom is 0.338 e. The second kappa shape index (κ2) is 9.85. The number of carbonyl (C=O) groups is 1. The molecule has 0 radical (unpaired) electrons. The third-order valence-corrected chi connectivity index (χ3v) is 7.68. The van der Waals surface area contributed by atoms with Gasteiger partial charge in [-0.1, -0.05) is 44.5 Å². The second-order valence-electron chi connectivity index (χ2n) is 7.09. The molecule has 0 unspecified atom stereocenters.